The number of halogens is 2. The molecule has 3 aromatic carbocycles. The summed E-state index contributed by atoms with van der Waals surface area (Å²) in [6.45, 7) is 1.98. The number of aryl methyl sites for hydroxylation is 1. The molecule has 178 valence electrons. The van der Waals surface area contributed by atoms with Crippen LogP contribution in [0.5, 0.6) is 11.5 Å². The van der Waals surface area contributed by atoms with Gasteiger partial charge in [-0.15, -0.1) is 0 Å². The molecular weight excluding hydrogens is 631 g/mol. The first-order valence-corrected chi connectivity index (χ1v) is 12.2. The molecule has 0 atom stereocenters. The maximum absolute atomic E-state index is 12.4. The van der Waals surface area contributed by atoms with Gasteiger partial charge in [-0.05, 0) is 65.4 Å². The molecule has 8 nitrogen and oxygen atoms in total. The molecule has 0 saturated carbocycles. The van der Waals surface area contributed by atoms with Crippen LogP contribution < -0.4 is 9.47 Å². The molecule has 0 aromatic heterocycles. The Hall–Kier alpha value is -3.25. The highest BCUT2D eigenvalue weighted by atomic mass is 127. The molecule has 0 fully saturated rings. The van der Waals surface area contributed by atoms with E-state index in [0.717, 1.165) is 13.6 Å². The van der Waals surface area contributed by atoms with Gasteiger partial charge < -0.3 is 14.2 Å². The molecule has 0 N–H and O–H groups in total. The molecule has 0 aliphatic carbocycles. The van der Waals surface area contributed by atoms with Gasteiger partial charge in [0.05, 0.1) is 15.6 Å². The Labute approximate surface area is 223 Å². The van der Waals surface area contributed by atoms with Crippen molar-refractivity contribution in [2.45, 2.75) is 13.5 Å². The maximum Gasteiger partial charge on any atom is 0.363 e. The van der Waals surface area contributed by atoms with Crippen molar-refractivity contribution in [2.75, 3.05) is 7.11 Å². The van der Waals surface area contributed by atoms with Crippen molar-refractivity contribution >= 4 is 62.2 Å². The first kappa shape index (κ1) is 24.9. The Morgan fingerprint density at radius 3 is 2.69 bits per heavy atom. The summed E-state index contributed by atoms with van der Waals surface area (Å²) in [5.74, 6) is 0.447. The van der Waals surface area contributed by atoms with Crippen molar-refractivity contribution in [2.24, 2.45) is 4.99 Å². The second kappa shape index (κ2) is 10.6. The van der Waals surface area contributed by atoms with Gasteiger partial charge >= 0.3 is 5.97 Å². The van der Waals surface area contributed by atoms with Crippen molar-refractivity contribution in [3.05, 3.63) is 101 Å². The van der Waals surface area contributed by atoms with Crippen LogP contribution in [0.1, 0.15) is 22.3 Å². The molecule has 0 bridgehead atoms. The standard InChI is InChI=1S/C25H18BrIN2O6/c1-14-7-8-16(12-21(14)29(31)32)24-28-20(25(30)35-24)10-15-9-19(27)23(22(11-15)33-2)34-13-17-5-3-4-6-18(17)26/h3-12H,13H2,1-2H3/b20-10-. The number of hydrogen-bond acceptors (Lipinski definition) is 7. The van der Waals surface area contributed by atoms with E-state index in [9.17, 15) is 14.9 Å². The van der Waals surface area contributed by atoms with Crippen molar-refractivity contribution in [3.8, 4) is 11.5 Å². The monoisotopic (exact) mass is 648 g/mol. The van der Waals surface area contributed by atoms with Gasteiger partial charge in [-0.1, -0.05) is 40.2 Å². The summed E-state index contributed by atoms with van der Waals surface area (Å²) >= 11 is 5.66. The van der Waals surface area contributed by atoms with E-state index in [2.05, 4.69) is 43.5 Å². The average Bonchev–Trinajstić information content (AvgIpc) is 3.19. The normalized spacial score (nSPS) is 14.0. The summed E-state index contributed by atoms with van der Waals surface area (Å²) in [6.07, 6.45) is 1.57. The third-order valence-electron chi connectivity index (χ3n) is 5.16. The van der Waals surface area contributed by atoms with Crippen molar-refractivity contribution < 1.29 is 23.9 Å². The highest BCUT2D eigenvalue weighted by Crippen LogP contribution is 2.36. The quantitative estimate of drug-likeness (QED) is 0.0994. The number of rotatable bonds is 7. The number of hydrogen-bond donors (Lipinski definition) is 0. The number of nitro groups is 1. The Morgan fingerprint density at radius 1 is 1.20 bits per heavy atom. The second-order valence-corrected chi connectivity index (χ2v) is 9.53. The summed E-state index contributed by atoms with van der Waals surface area (Å²) in [4.78, 5) is 27.5. The minimum absolute atomic E-state index is 0.0133. The predicted octanol–water partition coefficient (Wildman–Crippen LogP) is 6.20. The van der Waals surface area contributed by atoms with Gasteiger partial charge in [0, 0.05) is 27.2 Å². The lowest BCUT2D eigenvalue weighted by atomic mass is 10.1. The highest BCUT2D eigenvalue weighted by Gasteiger charge is 2.26. The Bertz CT molecular complexity index is 1400. The zero-order chi connectivity index (χ0) is 25.1. The summed E-state index contributed by atoms with van der Waals surface area (Å²) < 4.78 is 18.6. The lowest BCUT2D eigenvalue weighted by Gasteiger charge is -2.14. The van der Waals surface area contributed by atoms with Gasteiger partial charge in [0.2, 0.25) is 5.90 Å². The molecule has 1 aliphatic rings. The highest BCUT2D eigenvalue weighted by molar-refractivity contribution is 14.1. The van der Waals surface area contributed by atoms with Gasteiger partial charge in [0.15, 0.2) is 17.2 Å². The molecule has 0 unspecified atom stereocenters. The fourth-order valence-corrected chi connectivity index (χ4v) is 4.54. The molecule has 0 saturated heterocycles. The van der Waals surface area contributed by atoms with E-state index in [1.807, 2.05) is 30.3 Å². The van der Waals surface area contributed by atoms with Crippen LogP contribution in [0.25, 0.3) is 6.08 Å². The van der Waals surface area contributed by atoms with Crippen molar-refractivity contribution in [1.29, 1.82) is 0 Å². The first-order valence-electron chi connectivity index (χ1n) is 10.3. The lowest BCUT2D eigenvalue weighted by Crippen LogP contribution is -2.06. The molecule has 0 amide bonds. The lowest BCUT2D eigenvalue weighted by molar-refractivity contribution is -0.385. The minimum Gasteiger partial charge on any atom is -0.493 e. The van der Waals surface area contributed by atoms with Gasteiger partial charge in [0.25, 0.3) is 5.69 Å². The third kappa shape index (κ3) is 5.54. The number of benzene rings is 3. The van der Waals surface area contributed by atoms with E-state index in [-0.39, 0.29) is 17.3 Å². The van der Waals surface area contributed by atoms with Crippen molar-refractivity contribution in [1.82, 2.24) is 0 Å². The average molecular weight is 649 g/mol. The number of methoxy groups -OCH3 is 1. The number of ether oxygens (including phenoxy) is 3. The van der Waals surface area contributed by atoms with E-state index < -0.39 is 10.9 Å². The molecule has 35 heavy (non-hydrogen) atoms. The number of esters is 1. The largest absolute Gasteiger partial charge is 0.493 e. The Morgan fingerprint density at radius 2 is 1.97 bits per heavy atom. The van der Waals surface area contributed by atoms with Crippen LogP contribution in [-0.2, 0) is 16.1 Å². The SMILES string of the molecule is COc1cc(/C=C2\N=C(c3ccc(C)c([N+](=O)[O-])c3)OC2=O)cc(I)c1OCc1ccccc1Br. The topological polar surface area (TPSA) is 100 Å². The van der Waals surface area contributed by atoms with Crippen LogP contribution in [0, 0.1) is 20.6 Å². The number of cyclic esters (lactones) is 1. The fourth-order valence-electron chi connectivity index (χ4n) is 3.36. The minimum atomic E-state index is -0.647. The number of carbonyl (C=O) groups is 1. The zero-order valence-corrected chi connectivity index (χ0v) is 22.3. The summed E-state index contributed by atoms with van der Waals surface area (Å²) in [5, 5.41) is 11.2. The van der Waals surface area contributed by atoms with Crippen LogP contribution in [0.2, 0.25) is 0 Å². The smallest absolute Gasteiger partial charge is 0.363 e. The zero-order valence-electron chi connectivity index (χ0n) is 18.6. The molecule has 10 heteroatoms. The number of nitro benzene ring substituents is 1. The summed E-state index contributed by atoms with van der Waals surface area (Å²) in [6, 6.07) is 15.9. The van der Waals surface area contributed by atoms with Crippen LogP contribution in [0.4, 0.5) is 5.69 Å². The number of nitrogens with zero attached hydrogens (tertiary/aromatic N) is 2. The summed E-state index contributed by atoms with van der Waals surface area (Å²) in [5.41, 5.74) is 2.50. The Kier molecular flexibility index (Phi) is 7.51. The number of carbonyl (C=O) groups excluding carboxylic acids is 1. The predicted molar refractivity (Wildman–Crippen MR) is 143 cm³/mol. The molecular formula is C25H18BrIN2O6. The first-order chi connectivity index (χ1) is 16.8. The fraction of sp³-hybridized carbons (Fsp3) is 0.120. The Balaban J connectivity index is 1.61. The van der Waals surface area contributed by atoms with E-state index in [1.165, 1.54) is 13.2 Å². The molecule has 0 spiro atoms. The van der Waals surface area contributed by atoms with E-state index in [0.29, 0.717) is 34.8 Å². The van der Waals surface area contributed by atoms with Gasteiger partial charge in [0.1, 0.15) is 6.61 Å². The van der Waals surface area contributed by atoms with Gasteiger partial charge in [-0.3, -0.25) is 10.1 Å². The van der Waals surface area contributed by atoms with Gasteiger partial charge in [-0.25, -0.2) is 9.79 Å². The molecule has 0 radical (unpaired) electrons. The number of aliphatic imine (C=N–C) groups is 1. The van der Waals surface area contributed by atoms with Crippen LogP contribution >= 0.6 is 38.5 Å². The van der Waals surface area contributed by atoms with Crippen LogP contribution in [0.3, 0.4) is 0 Å². The molecule has 1 aliphatic heterocycles. The van der Waals surface area contributed by atoms with E-state index in [4.69, 9.17) is 14.2 Å². The second-order valence-electron chi connectivity index (χ2n) is 7.51. The van der Waals surface area contributed by atoms with E-state index in [1.54, 1.807) is 31.2 Å². The van der Waals surface area contributed by atoms with Crippen LogP contribution in [-0.4, -0.2) is 23.9 Å². The van der Waals surface area contributed by atoms with Crippen LogP contribution in [0.15, 0.2) is 69.8 Å². The molecule has 4 rings (SSSR count). The summed E-state index contributed by atoms with van der Waals surface area (Å²) in [7, 11) is 1.54. The van der Waals surface area contributed by atoms with E-state index >= 15 is 0 Å². The van der Waals surface area contributed by atoms with Crippen molar-refractivity contribution in [3.63, 3.8) is 0 Å². The molecule has 1 heterocycles. The van der Waals surface area contributed by atoms with Gasteiger partial charge in [-0.2, -0.15) is 0 Å². The third-order valence-corrected chi connectivity index (χ3v) is 6.73. The maximum atomic E-state index is 12.4. The molecule has 3 aromatic rings.